The molecule has 1 rings (SSSR count). The Hall–Kier alpha value is -1.46. The lowest BCUT2D eigenvalue weighted by molar-refractivity contribution is -0.133. The lowest BCUT2D eigenvalue weighted by atomic mass is 10.2. The topological polar surface area (TPSA) is 68.5 Å². The maximum Gasteiger partial charge on any atom is 0.241 e. The number of hydrogen-bond donors (Lipinski definition) is 1. The largest absolute Gasteiger partial charge is 0.383 e. The molecule has 1 aromatic heterocycles. The van der Waals surface area contributed by atoms with E-state index in [1.165, 1.54) is 7.11 Å². The zero-order chi connectivity index (χ0) is 12.8. The molecule has 0 fully saturated rings. The fourth-order valence-corrected chi connectivity index (χ4v) is 1.54. The van der Waals surface area contributed by atoms with Crippen LogP contribution in [0, 0.1) is 6.92 Å². The molecule has 0 bridgehead atoms. The van der Waals surface area contributed by atoms with E-state index >= 15 is 0 Å². The molecule has 1 atom stereocenters. The summed E-state index contributed by atoms with van der Waals surface area (Å²) in [5.41, 5.74) is 7.46. The predicted molar refractivity (Wildman–Crippen MR) is 65.3 cm³/mol. The summed E-state index contributed by atoms with van der Waals surface area (Å²) in [5.74, 6) is -0.143. The molecule has 0 saturated heterocycles. The second-order valence-electron chi connectivity index (χ2n) is 4.03. The van der Waals surface area contributed by atoms with Crippen molar-refractivity contribution in [2.24, 2.45) is 5.73 Å². The molecule has 0 aliphatic carbocycles. The average Bonchev–Trinajstić information content (AvgIpc) is 2.28. The van der Waals surface area contributed by atoms with Crippen LogP contribution in [0.4, 0.5) is 0 Å². The van der Waals surface area contributed by atoms with Gasteiger partial charge in [-0.3, -0.25) is 9.78 Å². The predicted octanol–water partition coefficient (Wildman–Crippen LogP) is 0.322. The summed E-state index contributed by atoms with van der Waals surface area (Å²) in [6, 6.07) is 5.11. The van der Waals surface area contributed by atoms with Crippen LogP contribution < -0.4 is 5.73 Å². The van der Waals surface area contributed by atoms with Gasteiger partial charge in [-0.1, -0.05) is 6.07 Å². The maximum absolute atomic E-state index is 11.8. The zero-order valence-electron chi connectivity index (χ0n) is 10.5. The second kappa shape index (κ2) is 6.32. The van der Waals surface area contributed by atoms with Crippen LogP contribution in [-0.2, 0) is 16.1 Å². The normalized spacial score (nSPS) is 12.2. The highest BCUT2D eigenvalue weighted by Gasteiger charge is 2.18. The average molecular weight is 237 g/mol. The standard InChI is InChI=1S/C12H19N3O2/c1-9-5-4-6-10(14-9)7-15(2)12(16)11(13)8-17-3/h4-6,11H,7-8,13H2,1-3H3. The van der Waals surface area contributed by atoms with E-state index in [0.717, 1.165) is 11.4 Å². The third-order valence-electron chi connectivity index (χ3n) is 2.38. The van der Waals surface area contributed by atoms with Crippen molar-refractivity contribution >= 4 is 5.91 Å². The first kappa shape index (κ1) is 13.6. The van der Waals surface area contributed by atoms with Crippen LogP contribution in [0.15, 0.2) is 18.2 Å². The molecule has 1 aromatic rings. The molecule has 1 heterocycles. The molecule has 0 radical (unpaired) electrons. The van der Waals surface area contributed by atoms with Gasteiger partial charge in [0, 0.05) is 19.9 Å². The van der Waals surface area contributed by atoms with Crippen molar-refractivity contribution in [2.75, 3.05) is 20.8 Å². The van der Waals surface area contributed by atoms with Gasteiger partial charge in [-0.05, 0) is 19.1 Å². The van der Waals surface area contributed by atoms with E-state index in [4.69, 9.17) is 10.5 Å². The Bertz CT molecular complexity index is 382. The number of carbonyl (C=O) groups excluding carboxylic acids is 1. The monoisotopic (exact) mass is 237 g/mol. The van der Waals surface area contributed by atoms with Gasteiger partial charge in [0.2, 0.25) is 5.91 Å². The first-order valence-corrected chi connectivity index (χ1v) is 5.46. The highest BCUT2D eigenvalue weighted by atomic mass is 16.5. The fraction of sp³-hybridized carbons (Fsp3) is 0.500. The lowest BCUT2D eigenvalue weighted by Crippen LogP contribution is -2.44. The van der Waals surface area contributed by atoms with Gasteiger partial charge in [-0.25, -0.2) is 0 Å². The summed E-state index contributed by atoms with van der Waals surface area (Å²) in [6.07, 6.45) is 0. The van der Waals surface area contributed by atoms with Crippen molar-refractivity contribution in [3.8, 4) is 0 Å². The Morgan fingerprint density at radius 1 is 1.59 bits per heavy atom. The van der Waals surface area contributed by atoms with Gasteiger partial charge in [-0.15, -0.1) is 0 Å². The van der Waals surface area contributed by atoms with E-state index in [1.807, 2.05) is 25.1 Å². The molecular weight excluding hydrogens is 218 g/mol. The number of rotatable bonds is 5. The van der Waals surface area contributed by atoms with Gasteiger partial charge in [-0.2, -0.15) is 0 Å². The van der Waals surface area contributed by atoms with Crippen LogP contribution in [0.3, 0.4) is 0 Å². The number of carbonyl (C=O) groups is 1. The van der Waals surface area contributed by atoms with Crippen LogP contribution in [0.1, 0.15) is 11.4 Å². The lowest BCUT2D eigenvalue weighted by Gasteiger charge is -2.20. The number of hydrogen-bond acceptors (Lipinski definition) is 4. The Morgan fingerprint density at radius 2 is 2.29 bits per heavy atom. The third kappa shape index (κ3) is 4.13. The Kier molecular flexibility index (Phi) is 5.06. The summed E-state index contributed by atoms with van der Waals surface area (Å²) in [7, 11) is 3.23. The SMILES string of the molecule is COCC(N)C(=O)N(C)Cc1cccc(C)n1. The van der Waals surface area contributed by atoms with E-state index in [0.29, 0.717) is 6.54 Å². The molecule has 0 aliphatic rings. The molecule has 0 saturated carbocycles. The van der Waals surface area contributed by atoms with E-state index in [2.05, 4.69) is 4.98 Å². The van der Waals surface area contributed by atoms with Crippen molar-refractivity contribution in [1.29, 1.82) is 0 Å². The minimum atomic E-state index is -0.616. The molecule has 5 heteroatoms. The first-order valence-electron chi connectivity index (χ1n) is 5.46. The Morgan fingerprint density at radius 3 is 2.88 bits per heavy atom. The van der Waals surface area contributed by atoms with Crippen LogP contribution in [0.5, 0.6) is 0 Å². The second-order valence-corrected chi connectivity index (χ2v) is 4.03. The highest BCUT2D eigenvalue weighted by molar-refractivity contribution is 5.81. The number of ether oxygens (including phenoxy) is 1. The summed E-state index contributed by atoms with van der Waals surface area (Å²) >= 11 is 0. The number of nitrogens with two attached hydrogens (primary N) is 1. The van der Waals surface area contributed by atoms with Crippen molar-refractivity contribution in [1.82, 2.24) is 9.88 Å². The fourth-order valence-electron chi connectivity index (χ4n) is 1.54. The molecule has 94 valence electrons. The Balaban J connectivity index is 2.59. The molecule has 17 heavy (non-hydrogen) atoms. The summed E-state index contributed by atoms with van der Waals surface area (Å²) in [5, 5.41) is 0. The number of nitrogens with zero attached hydrogens (tertiary/aromatic N) is 2. The van der Waals surface area contributed by atoms with Crippen molar-refractivity contribution in [3.05, 3.63) is 29.6 Å². The number of methoxy groups -OCH3 is 1. The quantitative estimate of drug-likeness (QED) is 0.801. The van der Waals surface area contributed by atoms with Crippen molar-refractivity contribution in [2.45, 2.75) is 19.5 Å². The minimum Gasteiger partial charge on any atom is -0.383 e. The molecule has 0 aromatic carbocycles. The van der Waals surface area contributed by atoms with Gasteiger partial charge in [0.15, 0.2) is 0 Å². The molecule has 2 N–H and O–H groups in total. The van der Waals surface area contributed by atoms with Gasteiger partial charge in [0.25, 0.3) is 0 Å². The molecule has 1 unspecified atom stereocenters. The Labute approximate surface area is 102 Å². The number of aryl methyl sites for hydroxylation is 1. The first-order chi connectivity index (χ1) is 8.04. The number of amides is 1. The summed E-state index contributed by atoms with van der Waals surface area (Å²) in [6.45, 7) is 2.60. The van der Waals surface area contributed by atoms with E-state index < -0.39 is 6.04 Å². The van der Waals surface area contributed by atoms with Crippen LogP contribution in [-0.4, -0.2) is 42.6 Å². The number of likely N-dealkylation sites (N-methyl/N-ethyl adjacent to an activating group) is 1. The van der Waals surface area contributed by atoms with E-state index in [9.17, 15) is 4.79 Å². The highest BCUT2D eigenvalue weighted by Crippen LogP contribution is 2.03. The summed E-state index contributed by atoms with van der Waals surface area (Å²) < 4.78 is 4.86. The van der Waals surface area contributed by atoms with E-state index in [1.54, 1.807) is 11.9 Å². The summed E-state index contributed by atoms with van der Waals surface area (Å²) in [4.78, 5) is 17.7. The van der Waals surface area contributed by atoms with E-state index in [-0.39, 0.29) is 12.5 Å². The van der Waals surface area contributed by atoms with Gasteiger partial charge >= 0.3 is 0 Å². The van der Waals surface area contributed by atoms with Crippen LogP contribution in [0.2, 0.25) is 0 Å². The number of pyridine rings is 1. The van der Waals surface area contributed by atoms with Crippen LogP contribution >= 0.6 is 0 Å². The van der Waals surface area contributed by atoms with Gasteiger partial charge in [0.1, 0.15) is 6.04 Å². The van der Waals surface area contributed by atoms with Gasteiger partial charge in [0.05, 0.1) is 18.8 Å². The molecule has 5 nitrogen and oxygen atoms in total. The molecule has 0 spiro atoms. The van der Waals surface area contributed by atoms with Crippen LogP contribution in [0.25, 0.3) is 0 Å². The van der Waals surface area contributed by atoms with Crippen molar-refractivity contribution in [3.63, 3.8) is 0 Å². The zero-order valence-corrected chi connectivity index (χ0v) is 10.5. The minimum absolute atomic E-state index is 0.143. The van der Waals surface area contributed by atoms with Crippen molar-refractivity contribution < 1.29 is 9.53 Å². The third-order valence-corrected chi connectivity index (χ3v) is 2.38. The van der Waals surface area contributed by atoms with Gasteiger partial charge < -0.3 is 15.4 Å². The molecule has 0 aliphatic heterocycles. The smallest absolute Gasteiger partial charge is 0.241 e. The maximum atomic E-state index is 11.8. The molecular formula is C12H19N3O2. The number of aromatic nitrogens is 1. The molecule has 1 amide bonds.